The zero-order chi connectivity index (χ0) is 18.1. The summed E-state index contributed by atoms with van der Waals surface area (Å²) in [5.74, 6) is -0.272. The quantitative estimate of drug-likeness (QED) is 0.644. The topological polar surface area (TPSA) is 42.4 Å². The number of pyridine rings is 1. The highest BCUT2D eigenvalue weighted by molar-refractivity contribution is 7.10. The van der Waals surface area contributed by atoms with Crippen molar-refractivity contribution < 1.29 is 9.53 Å². The largest absolute Gasteiger partial charge is 0.462 e. The van der Waals surface area contributed by atoms with E-state index in [9.17, 15) is 4.79 Å². The predicted molar refractivity (Wildman–Crippen MR) is 105 cm³/mol. The van der Waals surface area contributed by atoms with E-state index in [1.807, 2.05) is 49.4 Å². The number of carbonyl (C=O) groups is 1. The summed E-state index contributed by atoms with van der Waals surface area (Å²) in [5.41, 5.74) is 4.73. The van der Waals surface area contributed by atoms with Crippen molar-refractivity contribution >= 4 is 28.2 Å². The van der Waals surface area contributed by atoms with E-state index in [2.05, 4.69) is 16.3 Å². The average Bonchev–Trinajstić information content (AvgIpc) is 3.10. The first-order valence-electron chi connectivity index (χ1n) is 9.00. The van der Waals surface area contributed by atoms with Gasteiger partial charge in [-0.05, 0) is 48.9 Å². The molecule has 0 aliphatic carbocycles. The van der Waals surface area contributed by atoms with Crippen LogP contribution in [0.1, 0.15) is 39.0 Å². The molecule has 0 N–H and O–H groups in total. The molecule has 0 saturated carbocycles. The van der Waals surface area contributed by atoms with Gasteiger partial charge in [-0.15, -0.1) is 11.3 Å². The summed E-state index contributed by atoms with van der Waals surface area (Å²) in [6.07, 6.45) is 1.06. The first kappa shape index (κ1) is 17.2. The molecule has 4 rings (SSSR count). The van der Waals surface area contributed by atoms with E-state index in [0.29, 0.717) is 18.7 Å². The van der Waals surface area contributed by atoms with Crippen LogP contribution in [0.5, 0.6) is 0 Å². The second-order valence-corrected chi connectivity index (χ2v) is 7.63. The van der Waals surface area contributed by atoms with Gasteiger partial charge in [-0.3, -0.25) is 9.88 Å². The van der Waals surface area contributed by atoms with Crippen LogP contribution in [0.25, 0.3) is 10.9 Å². The standard InChI is InChI=1S/C21H22N2O2S/c1-3-25-21(24)20-14(2)16-6-4-5-7-17(16)22-18(20)13-23-10-8-19-15(12-23)9-11-26-19/h4-7,9,11H,3,8,10,12-13H2,1-2H3. The molecule has 1 aromatic carbocycles. The summed E-state index contributed by atoms with van der Waals surface area (Å²) >= 11 is 1.84. The molecule has 1 aliphatic heterocycles. The Labute approximate surface area is 157 Å². The molecule has 3 heterocycles. The van der Waals surface area contributed by atoms with Crippen molar-refractivity contribution in [3.05, 3.63) is 63.0 Å². The van der Waals surface area contributed by atoms with Crippen LogP contribution in [0.4, 0.5) is 0 Å². The van der Waals surface area contributed by atoms with Crippen LogP contribution in [0.3, 0.4) is 0 Å². The van der Waals surface area contributed by atoms with Gasteiger partial charge in [0.05, 0.1) is 23.4 Å². The molecule has 0 atom stereocenters. The minimum absolute atomic E-state index is 0.272. The molecule has 0 unspecified atom stereocenters. The van der Waals surface area contributed by atoms with Crippen molar-refractivity contribution in [1.82, 2.24) is 9.88 Å². The lowest BCUT2D eigenvalue weighted by Crippen LogP contribution is -2.30. The number of esters is 1. The number of hydrogen-bond donors (Lipinski definition) is 0. The maximum atomic E-state index is 12.6. The van der Waals surface area contributed by atoms with Crippen molar-refractivity contribution in [2.24, 2.45) is 0 Å². The van der Waals surface area contributed by atoms with Crippen LogP contribution in [-0.2, 0) is 24.2 Å². The van der Waals surface area contributed by atoms with E-state index < -0.39 is 0 Å². The second kappa shape index (κ2) is 7.17. The molecule has 0 saturated heterocycles. The number of rotatable bonds is 4. The number of ether oxygens (including phenoxy) is 1. The second-order valence-electron chi connectivity index (χ2n) is 6.63. The third-order valence-electron chi connectivity index (χ3n) is 4.97. The van der Waals surface area contributed by atoms with Crippen LogP contribution in [0, 0.1) is 6.92 Å². The number of aryl methyl sites for hydroxylation is 1. The Morgan fingerprint density at radius 1 is 1.31 bits per heavy atom. The zero-order valence-electron chi connectivity index (χ0n) is 15.1. The lowest BCUT2D eigenvalue weighted by Gasteiger charge is -2.27. The van der Waals surface area contributed by atoms with Crippen LogP contribution in [0.15, 0.2) is 35.7 Å². The maximum absolute atomic E-state index is 12.6. The fourth-order valence-electron chi connectivity index (χ4n) is 3.68. The van der Waals surface area contributed by atoms with Gasteiger partial charge >= 0.3 is 5.97 Å². The third kappa shape index (κ3) is 3.13. The van der Waals surface area contributed by atoms with Gasteiger partial charge in [0.15, 0.2) is 0 Å². The molecule has 2 aromatic heterocycles. The van der Waals surface area contributed by atoms with Crippen LogP contribution < -0.4 is 0 Å². The molecule has 26 heavy (non-hydrogen) atoms. The number of aromatic nitrogens is 1. The van der Waals surface area contributed by atoms with Gasteiger partial charge in [0.2, 0.25) is 0 Å². The maximum Gasteiger partial charge on any atom is 0.340 e. The Bertz CT molecular complexity index is 964. The van der Waals surface area contributed by atoms with Gasteiger partial charge in [0, 0.05) is 29.9 Å². The zero-order valence-corrected chi connectivity index (χ0v) is 15.9. The highest BCUT2D eigenvalue weighted by Crippen LogP contribution is 2.28. The highest BCUT2D eigenvalue weighted by Gasteiger charge is 2.23. The molecular weight excluding hydrogens is 344 g/mol. The van der Waals surface area contributed by atoms with Gasteiger partial charge < -0.3 is 4.74 Å². The Morgan fingerprint density at radius 2 is 2.15 bits per heavy atom. The number of thiophene rings is 1. The molecular formula is C21H22N2O2S. The molecule has 3 aromatic rings. The Balaban J connectivity index is 1.73. The molecule has 0 fully saturated rings. The van der Waals surface area contributed by atoms with Gasteiger partial charge in [-0.2, -0.15) is 0 Å². The number of benzene rings is 1. The Hall–Kier alpha value is -2.24. The van der Waals surface area contributed by atoms with Gasteiger partial charge in [-0.1, -0.05) is 18.2 Å². The van der Waals surface area contributed by atoms with Gasteiger partial charge in [0.25, 0.3) is 0 Å². The SMILES string of the molecule is CCOC(=O)c1c(CN2CCc3sccc3C2)nc2ccccc2c1C. The molecule has 0 amide bonds. The highest BCUT2D eigenvalue weighted by atomic mass is 32.1. The van der Waals surface area contributed by atoms with Crippen molar-refractivity contribution in [3.8, 4) is 0 Å². The normalized spacial score (nSPS) is 14.4. The fraction of sp³-hybridized carbons (Fsp3) is 0.333. The van der Waals surface area contributed by atoms with Crippen LogP contribution >= 0.6 is 11.3 Å². The molecule has 4 nitrogen and oxygen atoms in total. The summed E-state index contributed by atoms with van der Waals surface area (Å²) in [4.78, 5) is 21.3. The Kier molecular flexibility index (Phi) is 4.74. The molecule has 5 heteroatoms. The fourth-order valence-corrected chi connectivity index (χ4v) is 4.57. The summed E-state index contributed by atoms with van der Waals surface area (Å²) in [5, 5.41) is 3.18. The number of fused-ring (bicyclic) bond motifs is 2. The van der Waals surface area contributed by atoms with Crippen molar-refractivity contribution in [3.63, 3.8) is 0 Å². The lowest BCUT2D eigenvalue weighted by atomic mass is 10.0. The minimum atomic E-state index is -0.272. The van der Waals surface area contributed by atoms with Gasteiger partial charge in [0.1, 0.15) is 0 Å². The first-order valence-corrected chi connectivity index (χ1v) is 9.88. The summed E-state index contributed by atoms with van der Waals surface area (Å²) < 4.78 is 5.34. The molecule has 0 bridgehead atoms. The number of para-hydroxylation sites is 1. The van der Waals surface area contributed by atoms with Crippen molar-refractivity contribution in [2.75, 3.05) is 13.2 Å². The average molecular weight is 366 g/mol. The molecule has 0 radical (unpaired) electrons. The summed E-state index contributed by atoms with van der Waals surface area (Å²) in [6.45, 7) is 6.76. The van der Waals surface area contributed by atoms with E-state index in [4.69, 9.17) is 9.72 Å². The van der Waals surface area contributed by atoms with E-state index in [1.165, 1.54) is 10.4 Å². The third-order valence-corrected chi connectivity index (χ3v) is 5.99. The Morgan fingerprint density at radius 3 is 3.00 bits per heavy atom. The van der Waals surface area contributed by atoms with E-state index in [0.717, 1.165) is 41.7 Å². The summed E-state index contributed by atoms with van der Waals surface area (Å²) in [6, 6.07) is 10.2. The smallest absolute Gasteiger partial charge is 0.340 e. The number of nitrogens with zero attached hydrogens (tertiary/aromatic N) is 2. The molecule has 134 valence electrons. The van der Waals surface area contributed by atoms with E-state index >= 15 is 0 Å². The monoisotopic (exact) mass is 366 g/mol. The van der Waals surface area contributed by atoms with Gasteiger partial charge in [-0.25, -0.2) is 4.79 Å². The van der Waals surface area contributed by atoms with E-state index in [1.54, 1.807) is 0 Å². The minimum Gasteiger partial charge on any atom is -0.462 e. The van der Waals surface area contributed by atoms with Crippen LogP contribution in [-0.4, -0.2) is 29.0 Å². The molecule has 0 spiro atoms. The predicted octanol–water partition coefficient (Wildman–Crippen LogP) is 4.34. The van der Waals surface area contributed by atoms with Crippen LogP contribution in [0.2, 0.25) is 0 Å². The number of carbonyl (C=O) groups excluding carboxylic acids is 1. The van der Waals surface area contributed by atoms with E-state index in [-0.39, 0.29) is 5.97 Å². The molecule has 1 aliphatic rings. The van der Waals surface area contributed by atoms with Crippen molar-refractivity contribution in [1.29, 1.82) is 0 Å². The number of hydrogen-bond acceptors (Lipinski definition) is 5. The van der Waals surface area contributed by atoms with Crippen molar-refractivity contribution in [2.45, 2.75) is 33.4 Å². The first-order chi connectivity index (χ1) is 12.7. The summed E-state index contributed by atoms with van der Waals surface area (Å²) in [7, 11) is 0. The lowest BCUT2D eigenvalue weighted by molar-refractivity contribution is 0.0522.